The van der Waals surface area contributed by atoms with E-state index in [-0.39, 0.29) is 0 Å². The fraction of sp³-hybridized carbons (Fsp3) is 1.00. The maximum Gasteiger partial charge on any atom is 0.394 e. The van der Waals surface area contributed by atoms with Crippen molar-refractivity contribution in [3.05, 3.63) is 0 Å². The van der Waals surface area contributed by atoms with Crippen molar-refractivity contribution in [2.75, 3.05) is 0 Å². The summed E-state index contributed by atoms with van der Waals surface area (Å²) in [5.74, 6) is 0. The van der Waals surface area contributed by atoms with Crippen LogP contribution in [0.2, 0.25) is 3.17 Å². The molecule has 0 aromatic rings. The van der Waals surface area contributed by atoms with E-state index >= 15 is 0 Å². The molecule has 0 spiro atoms. The van der Waals surface area contributed by atoms with Gasteiger partial charge in [0.05, 0.1) is 0 Å². The monoisotopic (exact) mass is 290 g/mol. The Morgan fingerprint density at radius 1 is 0.944 bits per heavy atom. The molecule has 0 aliphatic heterocycles. The quantitative estimate of drug-likeness (QED) is 0.384. The standard InChI is InChI=1S/C12H25.Na.H2O4S/c1-3-5-7-9-11-12-10-8-6-4-2;;1-5(2,3)4/h3H,4-12H2,1-2H3;;(H2,1,2,3,4). The molecule has 0 aromatic carbocycles. The molecular weight excluding hydrogens is 263 g/mol. The van der Waals surface area contributed by atoms with Gasteiger partial charge in [-0.05, 0) is 0 Å². The molecule has 18 heavy (non-hydrogen) atoms. The van der Waals surface area contributed by atoms with Crippen LogP contribution in [-0.4, -0.2) is 45.5 Å². The average molecular weight is 290 g/mol. The van der Waals surface area contributed by atoms with Crippen LogP contribution in [0.4, 0.5) is 0 Å². The Bertz CT molecular complexity index is 245. The van der Waals surface area contributed by atoms with Gasteiger partial charge in [-0.25, -0.2) is 0 Å². The van der Waals surface area contributed by atoms with Crippen LogP contribution in [0.1, 0.15) is 71.6 Å². The first kappa shape index (κ1) is 21.2. The van der Waals surface area contributed by atoms with E-state index in [0.29, 0.717) is 0 Å². The van der Waals surface area contributed by atoms with Crippen molar-refractivity contribution >= 4 is 38.3 Å². The zero-order valence-electron chi connectivity index (χ0n) is 12.1. The van der Waals surface area contributed by atoms with Gasteiger partial charge >= 0.3 is 113 Å². The SMILES string of the molecule is CCCCCCCCCC[CH](C)[Na].O=S(=O)(O)O. The Hall–Kier alpha value is 0.870. The summed E-state index contributed by atoms with van der Waals surface area (Å²) in [4.78, 5) is 0. The van der Waals surface area contributed by atoms with Gasteiger partial charge in [-0.1, -0.05) is 0 Å². The maximum atomic E-state index is 8.74. The van der Waals surface area contributed by atoms with E-state index in [0.717, 1.165) is 3.17 Å². The van der Waals surface area contributed by atoms with E-state index in [2.05, 4.69) is 13.8 Å². The molecule has 0 aromatic heterocycles. The summed E-state index contributed by atoms with van der Waals surface area (Å²) >= 11 is 1.39. The third kappa shape index (κ3) is 36.0. The second-order valence-corrected chi connectivity index (χ2v) is 7.97. The fourth-order valence-electron chi connectivity index (χ4n) is 1.69. The average Bonchev–Trinajstić information content (AvgIpc) is 2.19. The molecule has 0 saturated heterocycles. The van der Waals surface area contributed by atoms with Crippen LogP contribution in [0, 0.1) is 0 Å². The molecule has 0 bridgehead atoms. The molecule has 0 rings (SSSR count). The van der Waals surface area contributed by atoms with Crippen molar-refractivity contribution in [1.29, 1.82) is 0 Å². The second kappa shape index (κ2) is 14.3. The zero-order chi connectivity index (χ0) is 14.4. The van der Waals surface area contributed by atoms with Gasteiger partial charge in [-0.2, -0.15) is 8.42 Å². The predicted molar refractivity (Wildman–Crippen MR) is 76.6 cm³/mol. The van der Waals surface area contributed by atoms with E-state index in [4.69, 9.17) is 17.5 Å². The molecule has 6 heteroatoms. The molecule has 0 aliphatic rings. The fourth-order valence-corrected chi connectivity index (χ4v) is 2.09. The van der Waals surface area contributed by atoms with E-state index in [1.807, 2.05) is 0 Å². The zero-order valence-corrected chi connectivity index (χ0v) is 14.9. The van der Waals surface area contributed by atoms with Gasteiger partial charge in [-0.3, -0.25) is 9.11 Å². The van der Waals surface area contributed by atoms with Gasteiger partial charge in [0.15, 0.2) is 0 Å². The molecule has 1 unspecified atom stereocenters. The molecule has 0 saturated carbocycles. The van der Waals surface area contributed by atoms with Gasteiger partial charge in [0.2, 0.25) is 0 Å². The van der Waals surface area contributed by atoms with Crippen LogP contribution < -0.4 is 0 Å². The summed E-state index contributed by atoms with van der Waals surface area (Å²) < 4.78 is 32.6. The molecular formula is C12H27NaO4S. The summed E-state index contributed by atoms with van der Waals surface area (Å²) in [5, 5.41) is 0. The van der Waals surface area contributed by atoms with Crippen LogP contribution in [-0.2, 0) is 10.4 Å². The van der Waals surface area contributed by atoms with Crippen molar-refractivity contribution in [3.8, 4) is 0 Å². The van der Waals surface area contributed by atoms with Gasteiger partial charge in [0.25, 0.3) is 0 Å². The predicted octanol–water partition coefficient (Wildman–Crippen LogP) is 3.84. The van der Waals surface area contributed by atoms with E-state index < -0.39 is 10.4 Å². The Balaban J connectivity index is 0. The van der Waals surface area contributed by atoms with Gasteiger partial charge in [-0.15, -0.1) is 0 Å². The van der Waals surface area contributed by atoms with Crippen LogP contribution in [0.5, 0.6) is 0 Å². The first-order chi connectivity index (χ1) is 8.27. The van der Waals surface area contributed by atoms with Crippen LogP contribution in [0.25, 0.3) is 0 Å². The second-order valence-electron chi connectivity index (χ2n) is 5.11. The molecule has 0 heterocycles. The van der Waals surface area contributed by atoms with Crippen LogP contribution >= 0.6 is 0 Å². The summed E-state index contributed by atoms with van der Waals surface area (Å²) in [6, 6.07) is 0. The third-order valence-electron chi connectivity index (χ3n) is 2.64. The Kier molecular flexibility index (Phi) is 16.8. The van der Waals surface area contributed by atoms with Crippen molar-refractivity contribution < 1.29 is 17.5 Å². The minimum absolute atomic E-state index is 1.04. The first-order valence-electron chi connectivity index (χ1n) is 6.97. The minimum atomic E-state index is -4.67. The third-order valence-corrected chi connectivity index (χ3v) is 3.21. The van der Waals surface area contributed by atoms with Gasteiger partial charge in [0, 0.05) is 0 Å². The summed E-state index contributed by atoms with van der Waals surface area (Å²) in [5.41, 5.74) is 0. The Labute approximate surface area is 130 Å². The van der Waals surface area contributed by atoms with Gasteiger partial charge < -0.3 is 0 Å². The molecule has 2 N–H and O–H groups in total. The maximum absolute atomic E-state index is 8.74. The molecule has 1 atom stereocenters. The van der Waals surface area contributed by atoms with Crippen molar-refractivity contribution in [3.63, 3.8) is 0 Å². The van der Waals surface area contributed by atoms with Crippen LogP contribution in [0.15, 0.2) is 0 Å². The summed E-state index contributed by atoms with van der Waals surface area (Å²) in [6.07, 6.45) is 13.2. The van der Waals surface area contributed by atoms with Crippen molar-refractivity contribution in [2.24, 2.45) is 0 Å². The largest absolute Gasteiger partial charge is 0.394 e. The molecule has 4 nitrogen and oxygen atoms in total. The number of unbranched alkanes of at least 4 members (excludes halogenated alkanes) is 7. The summed E-state index contributed by atoms with van der Waals surface area (Å²) in [6.45, 7) is 4.67. The molecule has 0 radical (unpaired) electrons. The van der Waals surface area contributed by atoms with E-state index in [9.17, 15) is 0 Å². The molecule has 106 valence electrons. The molecule has 0 fully saturated rings. The van der Waals surface area contributed by atoms with Gasteiger partial charge in [0.1, 0.15) is 0 Å². The number of hydrogen-bond acceptors (Lipinski definition) is 2. The summed E-state index contributed by atoms with van der Waals surface area (Å²) in [7, 11) is -4.67. The molecule has 0 aliphatic carbocycles. The topological polar surface area (TPSA) is 74.6 Å². The number of hydrogen-bond donors (Lipinski definition) is 2. The first-order valence-corrected chi connectivity index (χ1v) is 9.52. The minimum Gasteiger partial charge on any atom is -0.264 e. The molecule has 0 amide bonds. The van der Waals surface area contributed by atoms with E-state index in [1.54, 1.807) is 0 Å². The van der Waals surface area contributed by atoms with Crippen LogP contribution in [0.3, 0.4) is 0 Å². The Morgan fingerprint density at radius 3 is 1.61 bits per heavy atom. The van der Waals surface area contributed by atoms with Crippen molar-refractivity contribution in [1.82, 2.24) is 0 Å². The normalized spacial score (nSPS) is 12.8. The van der Waals surface area contributed by atoms with E-state index in [1.165, 1.54) is 85.7 Å². The smallest absolute Gasteiger partial charge is 0.264 e. The van der Waals surface area contributed by atoms with Crippen molar-refractivity contribution in [2.45, 2.75) is 74.8 Å². The number of rotatable bonds is 9. The Morgan fingerprint density at radius 2 is 1.28 bits per heavy atom.